The zero-order valence-corrected chi connectivity index (χ0v) is 24.7. The Balaban J connectivity index is 1.69. The van der Waals surface area contributed by atoms with Gasteiger partial charge in [0.25, 0.3) is 5.56 Å². The monoisotopic (exact) mass is 675 g/mol. The molecule has 0 spiro atoms. The van der Waals surface area contributed by atoms with Gasteiger partial charge >= 0.3 is 0 Å². The third-order valence-corrected chi connectivity index (χ3v) is 7.37. The Kier molecular flexibility index (Phi) is 8.64. The SMILES string of the molecule is CC[C@H](C)c1nc2ccc(Br)cc2c(=O)n1N=Cc1cc(Br)c(OCc2ccc(Br)cc2)c(OC)c1. The van der Waals surface area contributed by atoms with E-state index in [1.165, 1.54) is 4.68 Å². The van der Waals surface area contributed by atoms with E-state index in [4.69, 9.17) is 14.5 Å². The second kappa shape index (κ2) is 11.7. The molecule has 0 N–H and O–H groups in total. The topological polar surface area (TPSA) is 65.7 Å². The van der Waals surface area contributed by atoms with E-state index < -0.39 is 0 Å². The Morgan fingerprint density at radius 2 is 1.78 bits per heavy atom. The molecule has 36 heavy (non-hydrogen) atoms. The molecule has 0 fully saturated rings. The van der Waals surface area contributed by atoms with Gasteiger partial charge in [0.2, 0.25) is 0 Å². The largest absolute Gasteiger partial charge is 0.493 e. The van der Waals surface area contributed by atoms with Crippen LogP contribution in [0.15, 0.2) is 77.9 Å². The molecule has 186 valence electrons. The van der Waals surface area contributed by atoms with E-state index in [1.54, 1.807) is 19.4 Å². The molecule has 0 radical (unpaired) electrons. The highest BCUT2D eigenvalue weighted by atomic mass is 79.9. The molecule has 0 bridgehead atoms. The zero-order chi connectivity index (χ0) is 25.8. The Labute approximate surface area is 234 Å². The van der Waals surface area contributed by atoms with E-state index in [1.807, 2.05) is 55.5 Å². The van der Waals surface area contributed by atoms with Crippen LogP contribution in [0.4, 0.5) is 0 Å². The molecule has 6 nitrogen and oxygen atoms in total. The van der Waals surface area contributed by atoms with Crippen LogP contribution >= 0.6 is 47.8 Å². The van der Waals surface area contributed by atoms with E-state index in [9.17, 15) is 4.79 Å². The quantitative estimate of drug-likeness (QED) is 0.180. The van der Waals surface area contributed by atoms with Crippen molar-refractivity contribution in [3.05, 3.63) is 95.3 Å². The fraction of sp³-hybridized carbons (Fsp3) is 0.222. The number of methoxy groups -OCH3 is 1. The lowest BCUT2D eigenvalue weighted by Crippen LogP contribution is -2.23. The summed E-state index contributed by atoms with van der Waals surface area (Å²) in [6.45, 7) is 4.49. The van der Waals surface area contributed by atoms with Crippen LogP contribution in [0.5, 0.6) is 11.5 Å². The maximum Gasteiger partial charge on any atom is 0.282 e. The summed E-state index contributed by atoms with van der Waals surface area (Å²) in [6, 6.07) is 17.1. The standard InChI is InChI=1S/C27H24Br3N3O3/c1-4-16(2)26-32-23-10-9-20(29)13-21(23)27(34)33(26)31-14-18-11-22(30)25(24(12-18)35-3)36-15-17-5-7-19(28)8-6-17/h5-14,16H,4,15H2,1-3H3/t16-/m0/s1. The third-order valence-electron chi connectivity index (χ3n) is 5.76. The average molecular weight is 678 g/mol. The summed E-state index contributed by atoms with van der Waals surface area (Å²) >= 11 is 10.5. The molecule has 9 heteroatoms. The highest BCUT2D eigenvalue weighted by molar-refractivity contribution is 9.11. The van der Waals surface area contributed by atoms with Crippen LogP contribution in [-0.2, 0) is 6.61 Å². The summed E-state index contributed by atoms with van der Waals surface area (Å²) in [5.74, 6) is 1.82. The van der Waals surface area contributed by atoms with Crippen LogP contribution in [0.1, 0.15) is 43.1 Å². The van der Waals surface area contributed by atoms with Gasteiger partial charge < -0.3 is 9.47 Å². The fourth-order valence-corrected chi connectivity index (χ4v) is 4.79. The van der Waals surface area contributed by atoms with E-state index in [0.717, 1.165) is 31.0 Å². The van der Waals surface area contributed by atoms with Gasteiger partial charge in [-0.3, -0.25) is 4.79 Å². The van der Waals surface area contributed by atoms with Crippen molar-refractivity contribution in [1.29, 1.82) is 0 Å². The smallest absolute Gasteiger partial charge is 0.282 e. The summed E-state index contributed by atoms with van der Waals surface area (Å²) in [5, 5.41) is 5.06. The first kappa shape index (κ1) is 26.6. The minimum atomic E-state index is -0.215. The van der Waals surface area contributed by atoms with Crippen LogP contribution in [0.3, 0.4) is 0 Å². The third kappa shape index (κ3) is 5.90. The van der Waals surface area contributed by atoms with Gasteiger partial charge in [0.15, 0.2) is 11.5 Å². The van der Waals surface area contributed by atoms with Crippen LogP contribution in [0, 0.1) is 0 Å². The number of ether oxygens (including phenoxy) is 2. The summed E-state index contributed by atoms with van der Waals surface area (Å²) in [6.07, 6.45) is 2.46. The number of halogens is 3. The van der Waals surface area contributed by atoms with Gasteiger partial charge in [-0.15, -0.1) is 0 Å². The normalized spacial score (nSPS) is 12.3. The predicted molar refractivity (Wildman–Crippen MR) is 155 cm³/mol. The molecule has 0 saturated heterocycles. The lowest BCUT2D eigenvalue weighted by molar-refractivity contribution is 0.282. The summed E-state index contributed by atoms with van der Waals surface area (Å²) in [7, 11) is 1.59. The summed E-state index contributed by atoms with van der Waals surface area (Å²) < 4.78 is 15.6. The van der Waals surface area contributed by atoms with Crippen molar-refractivity contribution in [3.8, 4) is 11.5 Å². The second-order valence-electron chi connectivity index (χ2n) is 8.25. The van der Waals surface area contributed by atoms with Crippen molar-refractivity contribution < 1.29 is 9.47 Å². The highest BCUT2D eigenvalue weighted by Gasteiger charge is 2.16. The van der Waals surface area contributed by atoms with Gasteiger partial charge in [-0.2, -0.15) is 9.78 Å². The highest BCUT2D eigenvalue weighted by Crippen LogP contribution is 2.37. The van der Waals surface area contributed by atoms with Crippen LogP contribution in [0.2, 0.25) is 0 Å². The first-order valence-corrected chi connectivity index (χ1v) is 13.7. The maximum absolute atomic E-state index is 13.4. The van der Waals surface area contributed by atoms with Gasteiger partial charge in [-0.1, -0.05) is 57.8 Å². The molecule has 0 unspecified atom stereocenters. The average Bonchev–Trinajstić information content (AvgIpc) is 2.87. The molecular weight excluding hydrogens is 654 g/mol. The predicted octanol–water partition coefficient (Wildman–Crippen LogP) is 7.67. The van der Waals surface area contributed by atoms with Crippen molar-refractivity contribution in [2.24, 2.45) is 5.10 Å². The Hall–Kier alpha value is -2.49. The number of benzene rings is 3. The van der Waals surface area contributed by atoms with E-state index in [-0.39, 0.29) is 11.5 Å². The number of fused-ring (bicyclic) bond motifs is 1. The maximum atomic E-state index is 13.4. The van der Waals surface area contributed by atoms with Crippen LogP contribution in [-0.4, -0.2) is 23.0 Å². The first-order valence-electron chi connectivity index (χ1n) is 11.3. The molecule has 4 rings (SSSR count). The Morgan fingerprint density at radius 1 is 1.06 bits per heavy atom. The number of aromatic nitrogens is 2. The molecule has 0 aliphatic rings. The lowest BCUT2D eigenvalue weighted by Gasteiger charge is -2.15. The summed E-state index contributed by atoms with van der Waals surface area (Å²) in [5.41, 5.74) is 2.21. The van der Waals surface area contributed by atoms with Crippen LogP contribution < -0.4 is 15.0 Å². The Bertz CT molecular complexity index is 1480. The Morgan fingerprint density at radius 3 is 2.47 bits per heavy atom. The van der Waals surface area contributed by atoms with Gasteiger partial charge in [-0.05, 0) is 75.9 Å². The van der Waals surface area contributed by atoms with Crippen molar-refractivity contribution in [1.82, 2.24) is 9.66 Å². The van der Waals surface area contributed by atoms with Gasteiger partial charge in [-0.25, -0.2) is 4.98 Å². The molecule has 1 aromatic heterocycles. The summed E-state index contributed by atoms with van der Waals surface area (Å²) in [4.78, 5) is 18.1. The molecular formula is C27H24Br3N3O3. The molecule has 0 aliphatic heterocycles. The molecule has 0 amide bonds. The number of hydrogen-bond donors (Lipinski definition) is 0. The van der Waals surface area contributed by atoms with E-state index in [0.29, 0.717) is 34.8 Å². The minimum absolute atomic E-state index is 0.0542. The van der Waals surface area contributed by atoms with Crippen LogP contribution in [0.25, 0.3) is 10.9 Å². The van der Waals surface area contributed by atoms with E-state index >= 15 is 0 Å². The van der Waals surface area contributed by atoms with Gasteiger partial charge in [0, 0.05) is 14.9 Å². The molecule has 1 atom stereocenters. The van der Waals surface area contributed by atoms with Crippen molar-refractivity contribution in [3.63, 3.8) is 0 Å². The van der Waals surface area contributed by atoms with Gasteiger partial charge in [0.05, 0.1) is 28.7 Å². The number of hydrogen-bond acceptors (Lipinski definition) is 5. The number of rotatable bonds is 8. The fourth-order valence-electron chi connectivity index (χ4n) is 3.59. The van der Waals surface area contributed by atoms with Gasteiger partial charge in [0.1, 0.15) is 12.4 Å². The van der Waals surface area contributed by atoms with E-state index in [2.05, 4.69) is 59.8 Å². The lowest BCUT2D eigenvalue weighted by atomic mass is 10.1. The molecule has 3 aromatic carbocycles. The van der Waals surface area contributed by atoms with Crippen molar-refractivity contribution in [2.45, 2.75) is 32.8 Å². The molecule has 0 aliphatic carbocycles. The second-order valence-corrected chi connectivity index (χ2v) is 10.9. The molecule has 1 heterocycles. The van der Waals surface area contributed by atoms with Crippen molar-refractivity contribution >= 4 is 64.9 Å². The number of nitrogens with zero attached hydrogens (tertiary/aromatic N) is 3. The van der Waals surface area contributed by atoms with Crippen molar-refractivity contribution in [2.75, 3.05) is 7.11 Å². The zero-order valence-electron chi connectivity index (χ0n) is 20.0. The molecule has 4 aromatic rings. The first-order chi connectivity index (χ1) is 17.3. The molecule has 0 saturated carbocycles. The minimum Gasteiger partial charge on any atom is -0.493 e.